The van der Waals surface area contributed by atoms with Crippen molar-refractivity contribution in [2.45, 2.75) is 97.9 Å². The number of nitrogens with two attached hydrogens (primary N) is 1. The van der Waals surface area contributed by atoms with Crippen LogP contribution in [-0.4, -0.2) is 89.1 Å². The second-order valence-corrected chi connectivity index (χ2v) is 13.8. The van der Waals surface area contributed by atoms with Gasteiger partial charge < -0.3 is 29.4 Å². The van der Waals surface area contributed by atoms with Gasteiger partial charge in [-0.25, -0.2) is 14.4 Å². The molecule has 2 aliphatic heterocycles. The number of methoxy groups -OCH3 is 1. The first-order valence-corrected chi connectivity index (χ1v) is 19.8. The predicted molar refractivity (Wildman–Crippen MR) is 217 cm³/mol. The number of amides is 2. The van der Waals surface area contributed by atoms with E-state index in [0.29, 0.717) is 35.3 Å². The largest absolute Gasteiger partial charge is 0.473 e. The van der Waals surface area contributed by atoms with E-state index in [4.69, 9.17) is 40.6 Å². The SMILES string of the molecule is CC.CCCOC(C)Cn1c(CN2CCC(c3cccc(OCc4ccc(Cl)cc4F)n3)CC2)nc2cc(CC(=O)N3CCCC3)ccc21.COC=O.NC=O. The highest BCUT2D eigenvalue weighted by atomic mass is 35.5. The van der Waals surface area contributed by atoms with Gasteiger partial charge in [-0.05, 0) is 88.0 Å². The van der Waals surface area contributed by atoms with Gasteiger partial charge in [0.2, 0.25) is 18.2 Å². The highest BCUT2D eigenvalue weighted by Crippen LogP contribution is 2.30. The zero-order valence-corrected chi connectivity index (χ0v) is 34.2. The van der Waals surface area contributed by atoms with E-state index in [1.54, 1.807) is 12.1 Å². The Morgan fingerprint density at radius 1 is 1.04 bits per heavy atom. The van der Waals surface area contributed by atoms with Crippen LogP contribution >= 0.6 is 11.6 Å². The second kappa shape index (κ2) is 24.8. The summed E-state index contributed by atoms with van der Waals surface area (Å²) in [6.07, 6.45) is 5.85. The van der Waals surface area contributed by atoms with Gasteiger partial charge in [-0.3, -0.25) is 19.3 Å². The Bertz CT molecular complexity index is 1790. The fourth-order valence-corrected chi connectivity index (χ4v) is 6.82. The van der Waals surface area contributed by atoms with Gasteiger partial charge in [0, 0.05) is 48.0 Å². The Morgan fingerprint density at radius 2 is 1.73 bits per heavy atom. The number of fused-ring (bicyclic) bond motifs is 1. The van der Waals surface area contributed by atoms with Crippen LogP contribution < -0.4 is 10.5 Å². The van der Waals surface area contributed by atoms with Crippen molar-refractivity contribution in [3.8, 4) is 5.88 Å². The van der Waals surface area contributed by atoms with E-state index in [1.165, 1.54) is 13.2 Å². The topological polar surface area (TPSA) is 142 Å². The summed E-state index contributed by atoms with van der Waals surface area (Å²) in [5, 5.41) is 0.362. The van der Waals surface area contributed by atoms with E-state index in [1.807, 2.05) is 30.9 Å². The summed E-state index contributed by atoms with van der Waals surface area (Å²) < 4.78 is 32.3. The molecule has 4 aromatic rings. The number of imidazole rings is 1. The molecule has 2 aromatic heterocycles. The Hall–Kier alpha value is -4.59. The molecule has 2 aliphatic rings. The van der Waals surface area contributed by atoms with E-state index in [0.717, 1.165) is 106 Å². The van der Waals surface area contributed by atoms with Crippen molar-refractivity contribution in [1.82, 2.24) is 24.3 Å². The minimum Gasteiger partial charge on any atom is -0.473 e. The number of hydrogen-bond donors (Lipinski definition) is 1. The highest BCUT2D eigenvalue weighted by Gasteiger charge is 2.25. The first kappa shape index (κ1) is 45.8. The first-order chi connectivity index (χ1) is 27.2. The van der Waals surface area contributed by atoms with E-state index < -0.39 is 0 Å². The molecule has 2 aromatic carbocycles. The smallest absolute Gasteiger partial charge is 0.292 e. The predicted octanol–water partition coefficient (Wildman–Crippen LogP) is 7.08. The van der Waals surface area contributed by atoms with Crippen LogP contribution in [0.5, 0.6) is 5.88 Å². The summed E-state index contributed by atoms with van der Waals surface area (Å²) in [6, 6.07) is 16.7. The number of pyridine rings is 1. The van der Waals surface area contributed by atoms with Crippen molar-refractivity contribution in [3.05, 3.63) is 88.1 Å². The van der Waals surface area contributed by atoms with Crippen molar-refractivity contribution in [2.24, 2.45) is 5.73 Å². The number of hydrogen-bond acceptors (Lipinski definition) is 9. The number of piperidine rings is 1. The average Bonchev–Trinajstić information content (AvgIpc) is 3.87. The summed E-state index contributed by atoms with van der Waals surface area (Å²) in [5.74, 6) is 1.66. The molecule has 0 saturated carbocycles. The minimum absolute atomic E-state index is 0.0602. The van der Waals surface area contributed by atoms with Crippen molar-refractivity contribution in [1.29, 1.82) is 0 Å². The van der Waals surface area contributed by atoms with E-state index in [-0.39, 0.29) is 30.8 Å². The summed E-state index contributed by atoms with van der Waals surface area (Å²) in [4.78, 5) is 44.7. The van der Waals surface area contributed by atoms with Gasteiger partial charge in [0.15, 0.2) is 0 Å². The van der Waals surface area contributed by atoms with Crippen LogP contribution in [0.25, 0.3) is 11.0 Å². The fraction of sp³-hybridized carbons (Fsp3) is 0.500. The maximum Gasteiger partial charge on any atom is 0.292 e. The molecule has 1 atom stereocenters. The zero-order valence-electron chi connectivity index (χ0n) is 33.4. The van der Waals surface area contributed by atoms with Gasteiger partial charge in [0.25, 0.3) is 6.47 Å². The summed E-state index contributed by atoms with van der Waals surface area (Å²) in [6.45, 7) is 14.5. The van der Waals surface area contributed by atoms with Gasteiger partial charge in [-0.1, -0.05) is 50.6 Å². The summed E-state index contributed by atoms with van der Waals surface area (Å²) >= 11 is 5.88. The number of carbonyl (C=O) groups excluding carboxylic acids is 3. The third kappa shape index (κ3) is 14.2. The lowest BCUT2D eigenvalue weighted by molar-refractivity contribution is -0.129. The van der Waals surface area contributed by atoms with E-state index in [9.17, 15) is 9.18 Å². The first-order valence-electron chi connectivity index (χ1n) is 19.4. The van der Waals surface area contributed by atoms with Gasteiger partial charge in [-0.15, -0.1) is 0 Å². The molecule has 0 radical (unpaired) electrons. The molecule has 0 aliphatic carbocycles. The molecule has 2 fully saturated rings. The Labute approximate surface area is 335 Å². The molecule has 12 nitrogen and oxygen atoms in total. The maximum absolute atomic E-state index is 14.2. The third-order valence-electron chi connectivity index (χ3n) is 9.35. The molecule has 0 bridgehead atoms. The van der Waals surface area contributed by atoms with Crippen molar-refractivity contribution in [2.75, 3.05) is 39.9 Å². The normalized spacial score (nSPS) is 14.7. The molecule has 2 amide bonds. The number of rotatable bonds is 14. The molecule has 14 heteroatoms. The number of aromatic nitrogens is 3. The molecular formula is C42H58ClFN6O6. The number of ether oxygens (including phenoxy) is 3. The third-order valence-corrected chi connectivity index (χ3v) is 9.59. The fourth-order valence-electron chi connectivity index (χ4n) is 6.66. The van der Waals surface area contributed by atoms with Crippen LogP contribution in [0, 0.1) is 5.82 Å². The van der Waals surface area contributed by atoms with Gasteiger partial charge in [-0.2, -0.15) is 0 Å². The lowest BCUT2D eigenvalue weighted by Gasteiger charge is -2.31. The maximum atomic E-state index is 14.2. The van der Waals surface area contributed by atoms with Gasteiger partial charge in [0.1, 0.15) is 18.2 Å². The van der Waals surface area contributed by atoms with Crippen LogP contribution in [-0.2, 0) is 50.0 Å². The minimum atomic E-state index is -0.384. The van der Waals surface area contributed by atoms with Crippen molar-refractivity contribution >= 4 is 41.4 Å². The molecule has 306 valence electrons. The Kier molecular flexibility index (Phi) is 20.3. The molecule has 2 N–H and O–H groups in total. The van der Waals surface area contributed by atoms with Crippen LogP contribution in [0.3, 0.4) is 0 Å². The molecule has 2 saturated heterocycles. The molecule has 6 rings (SSSR count). The number of nitrogens with zero attached hydrogens (tertiary/aromatic N) is 5. The lowest BCUT2D eigenvalue weighted by Crippen LogP contribution is -2.34. The monoisotopic (exact) mass is 796 g/mol. The average molecular weight is 797 g/mol. The Morgan fingerprint density at radius 3 is 2.38 bits per heavy atom. The number of carbonyl (C=O) groups is 3. The lowest BCUT2D eigenvalue weighted by atomic mass is 9.93. The van der Waals surface area contributed by atoms with Crippen LogP contribution in [0.2, 0.25) is 5.02 Å². The van der Waals surface area contributed by atoms with Crippen molar-refractivity contribution in [3.63, 3.8) is 0 Å². The zero-order chi connectivity index (χ0) is 40.9. The highest BCUT2D eigenvalue weighted by molar-refractivity contribution is 6.30. The van der Waals surface area contributed by atoms with E-state index in [2.05, 4.69) is 58.1 Å². The molecule has 1 unspecified atom stereocenters. The Balaban J connectivity index is 0.000000854. The molecular weight excluding hydrogens is 739 g/mol. The second-order valence-electron chi connectivity index (χ2n) is 13.4. The standard InChI is InChI=1S/C37H45ClFN5O3.C2H4O2.C2H6.CH3NO/c1-3-19-46-26(2)23-44-34-12-9-27(21-37(45)43-15-4-5-16-43)20-33(34)40-35(44)24-42-17-13-28(14-18-42)32-7-6-8-36(41-32)47-25-29-10-11-30(38)22-31(29)39;1-4-2-3;1-2;2-1-3/h6-12,20,22,26,28H,3-5,13-19,21,23-25H2,1-2H3;2H,1H3;1-2H3;1H,(H2,2,3). The summed E-state index contributed by atoms with van der Waals surface area (Å²) in [7, 11) is 1.31. The summed E-state index contributed by atoms with van der Waals surface area (Å²) in [5.41, 5.74) is 8.64. The van der Waals surface area contributed by atoms with Gasteiger partial charge in [0.05, 0.1) is 43.8 Å². The number of halogens is 2. The van der Waals surface area contributed by atoms with Gasteiger partial charge >= 0.3 is 0 Å². The van der Waals surface area contributed by atoms with Crippen molar-refractivity contribution < 1.29 is 33.0 Å². The molecule has 4 heterocycles. The number of benzene rings is 2. The van der Waals surface area contributed by atoms with Crippen LogP contribution in [0.4, 0.5) is 4.39 Å². The van der Waals surface area contributed by atoms with E-state index >= 15 is 0 Å². The number of likely N-dealkylation sites (tertiary alicyclic amines) is 2. The molecule has 0 spiro atoms. The quantitative estimate of drug-likeness (QED) is 0.133. The van der Waals surface area contributed by atoms with Crippen LogP contribution in [0.15, 0.2) is 54.6 Å². The number of primary amides is 1. The molecule has 56 heavy (non-hydrogen) atoms. The van der Waals surface area contributed by atoms with Crippen LogP contribution in [0.1, 0.15) is 88.4 Å².